The summed E-state index contributed by atoms with van der Waals surface area (Å²) in [6.45, 7) is 2.07. The van der Waals surface area contributed by atoms with Gasteiger partial charge < -0.3 is 15.8 Å². The lowest BCUT2D eigenvalue weighted by Crippen LogP contribution is -2.15. The zero-order chi connectivity index (χ0) is 14.5. The van der Waals surface area contributed by atoms with Gasteiger partial charge in [0.15, 0.2) is 0 Å². The highest BCUT2D eigenvalue weighted by molar-refractivity contribution is 7.80. The molecule has 1 aromatic heterocycles. The highest BCUT2D eigenvalue weighted by atomic mass is 32.1. The fraction of sp³-hybridized carbons (Fsp3) is 0.200. The molecule has 0 aliphatic heterocycles. The monoisotopic (exact) mass is 287 g/mol. The second-order valence-electron chi connectivity index (χ2n) is 4.42. The summed E-state index contributed by atoms with van der Waals surface area (Å²) >= 11 is 5.09. The quantitative estimate of drug-likeness (QED) is 0.828. The van der Waals surface area contributed by atoms with E-state index in [4.69, 9.17) is 22.7 Å². The Morgan fingerprint density at radius 1 is 1.30 bits per heavy atom. The second kappa shape index (κ2) is 6.34. The molecule has 4 nitrogen and oxygen atoms in total. The molecule has 0 amide bonds. The van der Waals surface area contributed by atoms with E-state index in [2.05, 4.69) is 17.2 Å². The first-order chi connectivity index (χ1) is 9.61. The number of nitrogens with one attached hydrogen (secondary N) is 1. The van der Waals surface area contributed by atoms with Gasteiger partial charge in [-0.25, -0.2) is 0 Å². The molecule has 0 aliphatic rings. The Balaban J connectivity index is 2.29. The van der Waals surface area contributed by atoms with Crippen molar-refractivity contribution in [1.29, 1.82) is 0 Å². The minimum atomic E-state index is 0.109. The third kappa shape index (κ3) is 3.24. The Morgan fingerprint density at radius 3 is 2.60 bits per heavy atom. The van der Waals surface area contributed by atoms with Crippen molar-refractivity contribution in [1.82, 2.24) is 4.98 Å². The van der Waals surface area contributed by atoms with E-state index in [0.717, 1.165) is 22.6 Å². The standard InChI is InChI=1S/C15H17N3OS/c1-10(11-5-7-17-8-6-11)18-14-9-12(19-2)3-4-13(14)15(16)20/h3-10,18H,1-2H3,(H2,16,20). The number of rotatable bonds is 5. The van der Waals surface area contributed by atoms with Crippen LogP contribution in [0.2, 0.25) is 0 Å². The van der Waals surface area contributed by atoms with Crippen LogP contribution in [0.5, 0.6) is 5.75 Å². The number of pyridine rings is 1. The predicted octanol–water partition coefficient (Wildman–Crippen LogP) is 2.90. The van der Waals surface area contributed by atoms with Crippen molar-refractivity contribution < 1.29 is 4.74 Å². The van der Waals surface area contributed by atoms with Crippen LogP contribution in [-0.2, 0) is 0 Å². The average molecular weight is 287 g/mol. The van der Waals surface area contributed by atoms with Crippen molar-refractivity contribution in [2.75, 3.05) is 12.4 Å². The third-order valence-corrected chi connectivity index (χ3v) is 3.29. The normalized spacial score (nSPS) is 11.7. The molecular formula is C15H17N3OS. The van der Waals surface area contributed by atoms with Gasteiger partial charge in [0.25, 0.3) is 0 Å². The minimum absolute atomic E-state index is 0.109. The van der Waals surface area contributed by atoms with Crippen LogP contribution < -0.4 is 15.8 Å². The van der Waals surface area contributed by atoms with Crippen LogP contribution in [0.3, 0.4) is 0 Å². The number of nitrogens with two attached hydrogens (primary N) is 1. The van der Waals surface area contributed by atoms with E-state index in [9.17, 15) is 0 Å². The number of anilines is 1. The Hall–Kier alpha value is -2.14. The fourth-order valence-corrected chi connectivity index (χ4v) is 2.13. The lowest BCUT2D eigenvalue weighted by molar-refractivity contribution is 0.415. The number of nitrogens with zero attached hydrogens (tertiary/aromatic N) is 1. The van der Waals surface area contributed by atoms with E-state index in [0.29, 0.717) is 4.99 Å². The summed E-state index contributed by atoms with van der Waals surface area (Å²) in [7, 11) is 1.63. The maximum atomic E-state index is 5.76. The second-order valence-corrected chi connectivity index (χ2v) is 4.86. The Bertz CT molecular complexity index is 601. The SMILES string of the molecule is COc1ccc(C(N)=S)c(NC(C)c2ccncc2)c1. The zero-order valence-corrected chi connectivity index (χ0v) is 12.3. The number of aromatic nitrogens is 1. The summed E-state index contributed by atoms with van der Waals surface area (Å²) in [4.78, 5) is 4.38. The van der Waals surface area contributed by atoms with Gasteiger partial charge in [-0.05, 0) is 36.8 Å². The van der Waals surface area contributed by atoms with E-state index in [-0.39, 0.29) is 6.04 Å². The first kappa shape index (κ1) is 14.3. The van der Waals surface area contributed by atoms with Gasteiger partial charge in [0.1, 0.15) is 10.7 Å². The molecule has 20 heavy (non-hydrogen) atoms. The molecule has 1 unspecified atom stereocenters. The smallest absolute Gasteiger partial charge is 0.120 e. The van der Waals surface area contributed by atoms with E-state index in [1.54, 1.807) is 19.5 Å². The fourth-order valence-electron chi connectivity index (χ4n) is 1.95. The summed E-state index contributed by atoms with van der Waals surface area (Å²) in [6.07, 6.45) is 3.54. The molecule has 1 heterocycles. The lowest BCUT2D eigenvalue weighted by Gasteiger charge is -2.18. The molecule has 0 saturated heterocycles. The summed E-state index contributed by atoms with van der Waals surface area (Å²) < 4.78 is 5.24. The average Bonchev–Trinajstić information content (AvgIpc) is 2.47. The van der Waals surface area contributed by atoms with E-state index >= 15 is 0 Å². The van der Waals surface area contributed by atoms with Crippen molar-refractivity contribution in [3.63, 3.8) is 0 Å². The highest BCUT2D eigenvalue weighted by Crippen LogP contribution is 2.26. The lowest BCUT2D eigenvalue weighted by atomic mass is 10.1. The topological polar surface area (TPSA) is 60.2 Å². The van der Waals surface area contributed by atoms with Gasteiger partial charge in [0.05, 0.1) is 7.11 Å². The van der Waals surface area contributed by atoms with Gasteiger partial charge in [-0.2, -0.15) is 0 Å². The third-order valence-electron chi connectivity index (χ3n) is 3.07. The molecule has 0 saturated carbocycles. The number of thiocarbonyl (C=S) groups is 1. The van der Waals surface area contributed by atoms with Crippen LogP contribution in [0.4, 0.5) is 5.69 Å². The molecule has 0 fully saturated rings. The largest absolute Gasteiger partial charge is 0.497 e. The van der Waals surface area contributed by atoms with Gasteiger partial charge in [-0.3, -0.25) is 4.98 Å². The Labute approximate surface area is 124 Å². The zero-order valence-electron chi connectivity index (χ0n) is 11.5. The maximum absolute atomic E-state index is 5.76. The Kier molecular flexibility index (Phi) is 4.53. The van der Waals surface area contributed by atoms with Crippen LogP contribution in [0.25, 0.3) is 0 Å². The molecule has 0 bridgehead atoms. The number of hydrogen-bond acceptors (Lipinski definition) is 4. The van der Waals surface area contributed by atoms with Crippen LogP contribution in [0.15, 0.2) is 42.7 Å². The number of benzene rings is 1. The van der Waals surface area contributed by atoms with Crippen LogP contribution in [-0.4, -0.2) is 17.1 Å². The van der Waals surface area contributed by atoms with Crippen molar-refractivity contribution in [2.45, 2.75) is 13.0 Å². The van der Waals surface area contributed by atoms with Crippen LogP contribution in [0, 0.1) is 0 Å². The minimum Gasteiger partial charge on any atom is -0.497 e. The van der Waals surface area contributed by atoms with Crippen molar-refractivity contribution in [2.24, 2.45) is 5.73 Å². The van der Waals surface area contributed by atoms with E-state index < -0.39 is 0 Å². The number of methoxy groups -OCH3 is 1. The van der Waals surface area contributed by atoms with Crippen molar-refractivity contribution >= 4 is 22.9 Å². The van der Waals surface area contributed by atoms with Gasteiger partial charge in [-0.15, -0.1) is 0 Å². The van der Waals surface area contributed by atoms with Crippen molar-refractivity contribution in [3.8, 4) is 5.75 Å². The van der Waals surface area contributed by atoms with Gasteiger partial charge in [-0.1, -0.05) is 12.2 Å². The molecule has 0 spiro atoms. The molecule has 5 heteroatoms. The molecule has 2 aromatic rings. The molecule has 3 N–H and O–H groups in total. The van der Waals surface area contributed by atoms with Crippen LogP contribution in [0.1, 0.15) is 24.1 Å². The van der Waals surface area contributed by atoms with Gasteiger partial charge in [0.2, 0.25) is 0 Å². The summed E-state index contributed by atoms with van der Waals surface area (Å²) in [5, 5.41) is 3.41. The molecular weight excluding hydrogens is 270 g/mol. The molecule has 104 valence electrons. The summed E-state index contributed by atoms with van der Waals surface area (Å²) in [6, 6.07) is 9.65. The molecule has 1 atom stereocenters. The first-order valence-corrected chi connectivity index (χ1v) is 6.67. The molecule has 0 aliphatic carbocycles. The number of ether oxygens (including phenoxy) is 1. The maximum Gasteiger partial charge on any atom is 0.120 e. The number of hydrogen-bond donors (Lipinski definition) is 2. The van der Waals surface area contributed by atoms with Gasteiger partial charge in [0, 0.05) is 35.8 Å². The van der Waals surface area contributed by atoms with Crippen LogP contribution >= 0.6 is 12.2 Å². The van der Waals surface area contributed by atoms with Gasteiger partial charge >= 0.3 is 0 Å². The molecule has 0 radical (unpaired) electrons. The highest BCUT2D eigenvalue weighted by Gasteiger charge is 2.11. The summed E-state index contributed by atoms with van der Waals surface area (Å²) in [5.74, 6) is 0.759. The van der Waals surface area contributed by atoms with E-state index in [1.165, 1.54) is 0 Å². The van der Waals surface area contributed by atoms with Crippen molar-refractivity contribution in [3.05, 3.63) is 53.9 Å². The van der Waals surface area contributed by atoms with E-state index in [1.807, 2.05) is 30.3 Å². The molecule has 1 aromatic carbocycles. The molecule has 2 rings (SSSR count). The Morgan fingerprint density at radius 2 is 2.00 bits per heavy atom. The first-order valence-electron chi connectivity index (χ1n) is 6.26. The summed E-state index contributed by atoms with van der Waals surface area (Å²) in [5.41, 5.74) is 8.57. The predicted molar refractivity (Wildman–Crippen MR) is 85.2 cm³/mol.